The summed E-state index contributed by atoms with van der Waals surface area (Å²) in [6.45, 7) is 4.08. The summed E-state index contributed by atoms with van der Waals surface area (Å²) in [5.41, 5.74) is 3.05. The highest BCUT2D eigenvalue weighted by Gasteiger charge is 2.48. The van der Waals surface area contributed by atoms with E-state index < -0.39 is 0 Å². The van der Waals surface area contributed by atoms with Crippen molar-refractivity contribution >= 4 is 22.6 Å². The lowest BCUT2D eigenvalue weighted by atomic mass is 9.89. The minimum Gasteiger partial charge on any atom is -0.370 e. The van der Waals surface area contributed by atoms with E-state index in [1.807, 2.05) is 35.0 Å². The largest absolute Gasteiger partial charge is 0.370 e. The van der Waals surface area contributed by atoms with Crippen LogP contribution in [0.15, 0.2) is 48.8 Å². The van der Waals surface area contributed by atoms with Gasteiger partial charge in [-0.15, -0.1) is 0 Å². The molecule has 144 valence electrons. The van der Waals surface area contributed by atoms with Gasteiger partial charge in [-0.05, 0) is 29.8 Å². The first-order valence-electron chi connectivity index (χ1n) is 9.70. The number of aryl methyl sites for hydroxylation is 1. The van der Waals surface area contributed by atoms with Gasteiger partial charge in [0, 0.05) is 68.9 Å². The molecule has 4 heterocycles. The molecule has 2 saturated heterocycles. The van der Waals surface area contributed by atoms with Gasteiger partial charge in [0.25, 0.3) is 0 Å². The van der Waals surface area contributed by atoms with Crippen LogP contribution in [0.2, 0.25) is 0 Å². The number of hydrogen-bond acceptors (Lipinski definition) is 3. The maximum atomic E-state index is 13.9. The van der Waals surface area contributed by atoms with E-state index in [2.05, 4.69) is 22.0 Å². The Bertz CT molecular complexity index is 1060. The van der Waals surface area contributed by atoms with Gasteiger partial charge in [-0.2, -0.15) is 0 Å². The van der Waals surface area contributed by atoms with Gasteiger partial charge >= 0.3 is 0 Å². The minimum absolute atomic E-state index is 0.0598. The molecule has 5 rings (SSSR count). The Morgan fingerprint density at radius 2 is 2.04 bits per heavy atom. The highest BCUT2D eigenvalue weighted by atomic mass is 19.1. The van der Waals surface area contributed by atoms with Crippen LogP contribution in [-0.4, -0.2) is 40.0 Å². The van der Waals surface area contributed by atoms with Crippen LogP contribution in [0.25, 0.3) is 11.0 Å². The Hall–Kier alpha value is -2.89. The van der Waals surface area contributed by atoms with E-state index in [4.69, 9.17) is 0 Å². The Balaban J connectivity index is 1.50. The maximum Gasteiger partial charge on any atom is 0.219 e. The van der Waals surface area contributed by atoms with Crippen LogP contribution < -0.4 is 4.90 Å². The van der Waals surface area contributed by atoms with E-state index in [1.54, 1.807) is 19.1 Å². The van der Waals surface area contributed by atoms with Gasteiger partial charge in [-0.25, -0.2) is 9.37 Å². The molecule has 0 radical (unpaired) electrons. The molecule has 28 heavy (non-hydrogen) atoms. The van der Waals surface area contributed by atoms with Crippen LogP contribution in [0.4, 0.5) is 10.1 Å². The molecule has 1 aromatic carbocycles. The monoisotopic (exact) mass is 378 g/mol. The van der Waals surface area contributed by atoms with E-state index >= 15 is 0 Å². The number of carbonyl (C=O) groups excluding carboxylic acids is 1. The van der Waals surface area contributed by atoms with Gasteiger partial charge in [-0.3, -0.25) is 4.79 Å². The molecule has 1 amide bonds. The predicted molar refractivity (Wildman–Crippen MR) is 106 cm³/mol. The van der Waals surface area contributed by atoms with Crippen molar-refractivity contribution < 1.29 is 9.18 Å². The highest BCUT2D eigenvalue weighted by Crippen LogP contribution is 2.46. The molecule has 5 nitrogen and oxygen atoms in total. The molecule has 3 aromatic rings. The molecule has 0 bridgehead atoms. The van der Waals surface area contributed by atoms with Gasteiger partial charge in [-0.1, -0.05) is 12.1 Å². The highest BCUT2D eigenvalue weighted by molar-refractivity contribution is 5.90. The third kappa shape index (κ3) is 2.58. The summed E-state index contributed by atoms with van der Waals surface area (Å²) in [7, 11) is 2.00. The molecule has 2 fully saturated rings. The summed E-state index contributed by atoms with van der Waals surface area (Å²) in [6.07, 6.45) is 3.89. The number of amides is 1. The summed E-state index contributed by atoms with van der Waals surface area (Å²) in [6, 6.07) is 10.8. The normalized spacial score (nSPS) is 24.2. The van der Waals surface area contributed by atoms with E-state index in [9.17, 15) is 9.18 Å². The number of rotatable bonds is 2. The van der Waals surface area contributed by atoms with E-state index in [1.165, 1.54) is 11.8 Å². The number of aromatic nitrogens is 2. The first-order chi connectivity index (χ1) is 13.5. The van der Waals surface area contributed by atoms with Crippen LogP contribution >= 0.6 is 0 Å². The predicted octanol–water partition coefficient (Wildman–Crippen LogP) is 3.37. The fourth-order valence-corrected chi connectivity index (χ4v) is 5.11. The molecular weight excluding hydrogens is 355 g/mol. The van der Waals surface area contributed by atoms with Crippen molar-refractivity contribution in [1.82, 2.24) is 14.5 Å². The van der Waals surface area contributed by atoms with Crippen molar-refractivity contribution in [1.29, 1.82) is 0 Å². The summed E-state index contributed by atoms with van der Waals surface area (Å²) >= 11 is 0. The van der Waals surface area contributed by atoms with Crippen LogP contribution in [-0.2, 0) is 11.8 Å². The maximum absolute atomic E-state index is 13.9. The fraction of sp³-hybridized carbons (Fsp3) is 0.364. The van der Waals surface area contributed by atoms with Crippen molar-refractivity contribution in [3.8, 4) is 0 Å². The Morgan fingerprint density at radius 3 is 2.82 bits per heavy atom. The lowest BCUT2D eigenvalue weighted by molar-refractivity contribution is -0.130. The minimum atomic E-state index is -0.251. The number of benzene rings is 1. The fourth-order valence-electron chi connectivity index (χ4n) is 5.11. The molecule has 2 aliphatic heterocycles. The van der Waals surface area contributed by atoms with Crippen molar-refractivity contribution in [2.24, 2.45) is 18.9 Å². The summed E-state index contributed by atoms with van der Waals surface area (Å²) in [5.74, 6) is 0.478. The number of carbonyl (C=O) groups is 1. The molecule has 3 atom stereocenters. The van der Waals surface area contributed by atoms with Crippen LogP contribution in [0.5, 0.6) is 0 Å². The van der Waals surface area contributed by atoms with E-state index in [0.717, 1.165) is 36.2 Å². The van der Waals surface area contributed by atoms with Gasteiger partial charge < -0.3 is 14.4 Å². The first-order valence-corrected chi connectivity index (χ1v) is 9.70. The number of likely N-dealkylation sites (tertiary alicyclic amines) is 1. The molecule has 0 saturated carbocycles. The lowest BCUT2D eigenvalue weighted by Gasteiger charge is -2.30. The van der Waals surface area contributed by atoms with Crippen molar-refractivity contribution in [2.75, 3.05) is 24.5 Å². The second-order valence-corrected chi connectivity index (χ2v) is 7.99. The average molecular weight is 378 g/mol. The first kappa shape index (κ1) is 17.2. The number of anilines is 1. The Kier molecular flexibility index (Phi) is 3.89. The van der Waals surface area contributed by atoms with Crippen LogP contribution in [0, 0.1) is 17.7 Å². The Labute approximate surface area is 163 Å². The van der Waals surface area contributed by atoms with Gasteiger partial charge in [0.2, 0.25) is 5.91 Å². The molecule has 0 spiro atoms. The van der Waals surface area contributed by atoms with Gasteiger partial charge in [0.05, 0.1) is 6.04 Å². The quantitative estimate of drug-likeness (QED) is 0.687. The van der Waals surface area contributed by atoms with Gasteiger partial charge in [0.1, 0.15) is 11.5 Å². The van der Waals surface area contributed by atoms with Crippen molar-refractivity contribution in [3.05, 3.63) is 60.2 Å². The second kappa shape index (κ2) is 6.33. The number of hydrogen-bond donors (Lipinski definition) is 0. The third-order valence-corrected chi connectivity index (χ3v) is 6.34. The number of pyridine rings is 1. The SMILES string of the molecule is CC(=O)N1C[C@H]2CN(c3ccnc4c3ccn4C)C[C@H]2[C@H]1c1cccc(F)c1. The van der Waals surface area contributed by atoms with Crippen LogP contribution in [0.3, 0.4) is 0 Å². The van der Waals surface area contributed by atoms with Crippen molar-refractivity contribution in [3.63, 3.8) is 0 Å². The molecule has 0 aliphatic carbocycles. The summed E-state index contributed by atoms with van der Waals surface area (Å²) in [5, 5.41) is 1.15. The molecule has 2 aliphatic rings. The van der Waals surface area contributed by atoms with Crippen molar-refractivity contribution in [2.45, 2.75) is 13.0 Å². The molecule has 0 unspecified atom stereocenters. The van der Waals surface area contributed by atoms with Gasteiger partial charge in [0.15, 0.2) is 0 Å². The topological polar surface area (TPSA) is 41.4 Å². The Morgan fingerprint density at radius 1 is 1.18 bits per heavy atom. The number of fused-ring (bicyclic) bond motifs is 2. The number of nitrogens with zero attached hydrogens (tertiary/aromatic N) is 4. The lowest BCUT2D eigenvalue weighted by Crippen LogP contribution is -2.34. The smallest absolute Gasteiger partial charge is 0.219 e. The second-order valence-electron chi connectivity index (χ2n) is 7.99. The van der Waals surface area contributed by atoms with Crippen LogP contribution in [0.1, 0.15) is 18.5 Å². The molecule has 0 N–H and O–H groups in total. The zero-order valence-electron chi connectivity index (χ0n) is 16.0. The summed E-state index contributed by atoms with van der Waals surface area (Å²) < 4.78 is 15.9. The standard InChI is InChI=1S/C22H23FN4O/c1-14(28)27-12-16-11-26(20-6-8-24-22-18(20)7-9-25(22)2)13-19(16)21(27)15-4-3-5-17(23)10-15/h3-10,16,19,21H,11-13H2,1-2H3/t16-,19-,21-/m1/s1. The molecule has 6 heteroatoms. The zero-order chi connectivity index (χ0) is 19.4. The average Bonchev–Trinajstić information content (AvgIpc) is 3.34. The molecule has 2 aromatic heterocycles. The third-order valence-electron chi connectivity index (χ3n) is 6.34. The number of halogens is 1. The van der Waals surface area contributed by atoms with E-state index in [0.29, 0.717) is 5.92 Å². The zero-order valence-corrected chi connectivity index (χ0v) is 16.0. The summed E-state index contributed by atoms with van der Waals surface area (Å²) in [4.78, 5) is 21.1. The molecular formula is C22H23FN4O. The van der Waals surface area contributed by atoms with E-state index in [-0.39, 0.29) is 23.7 Å².